The summed E-state index contributed by atoms with van der Waals surface area (Å²) in [5.41, 5.74) is 0. The van der Waals surface area contributed by atoms with Crippen molar-refractivity contribution in [1.29, 1.82) is 0 Å². The van der Waals surface area contributed by atoms with Gasteiger partial charge in [-0.2, -0.15) is 0 Å². The molecule has 0 saturated carbocycles. The zero-order valence-corrected chi connectivity index (χ0v) is 55.1. The van der Waals surface area contributed by atoms with Crippen molar-refractivity contribution in [2.75, 3.05) is 92.5 Å². The van der Waals surface area contributed by atoms with Crippen LogP contribution in [-0.4, -0.2) is 170 Å². The van der Waals surface area contributed by atoms with Gasteiger partial charge in [-0.1, -0.05) is 0 Å². The van der Waals surface area contributed by atoms with E-state index in [9.17, 15) is 0 Å². The number of ether oxygens (including phenoxy) is 10. The Balaban J connectivity index is -0.0000000594. The van der Waals surface area contributed by atoms with E-state index >= 15 is 0 Å². The number of aliphatic hydroxyl groups excluding tert-OH is 8. The third-order valence-corrected chi connectivity index (χ3v) is 3.86. The van der Waals surface area contributed by atoms with Crippen LogP contribution in [0.5, 0.6) is 0 Å². The molecule has 0 aromatic heterocycles. The van der Waals surface area contributed by atoms with Crippen LogP contribution in [0.25, 0.3) is 0 Å². The van der Waals surface area contributed by atoms with Crippen molar-refractivity contribution < 1.29 is 88.2 Å². The van der Waals surface area contributed by atoms with Crippen molar-refractivity contribution in [3.8, 4) is 0 Å². The predicted octanol–water partition coefficient (Wildman–Crippen LogP) is -2.42. The Labute approximate surface area is 274 Å². The molecule has 0 aromatic carbocycles. The Morgan fingerprint density at radius 3 is 0.720 bits per heavy atom. The van der Waals surface area contributed by atoms with E-state index in [-0.39, 0.29) is 92.5 Å². The SMILES string of the molecule is [CH2-]OCC(O)COCC(O)CO.[CH2-]OCC(O)COCCO.[CH2-]OCC(O)CO[CH2-].[CH2-]OCC(O)CO[CH2-].[CH2-]OCC(O)CO[CH2-].[Rf].[Rf].[Rf].[Rf]. The molecule has 0 radical (unpaired) electrons. The molecule has 0 aromatic rings. The average molecular weight is 1750 g/mol. The van der Waals surface area contributed by atoms with Gasteiger partial charge in [-0.15, -0.1) is 0 Å². The van der Waals surface area contributed by atoms with Gasteiger partial charge in [0.1, 0.15) is 6.10 Å². The van der Waals surface area contributed by atoms with Gasteiger partial charge in [-0.05, 0) is 0 Å². The molecule has 3 unspecified atom stereocenters. The summed E-state index contributed by atoms with van der Waals surface area (Å²) in [5.74, 6) is 0. The van der Waals surface area contributed by atoms with Crippen LogP contribution in [0.15, 0.2) is 0 Å². The molecule has 294 valence electrons. The van der Waals surface area contributed by atoms with Crippen molar-refractivity contribution in [2.45, 2.75) is 36.6 Å². The monoisotopic (exact) mass is 1750 g/mol. The Bertz CT molecular complexity index is 466. The third kappa shape index (κ3) is 74.2. The van der Waals surface area contributed by atoms with Gasteiger partial charge in [-0.25, -0.2) is 56.9 Å². The van der Waals surface area contributed by atoms with Crippen LogP contribution in [-0.2, 0) is 47.4 Å². The van der Waals surface area contributed by atoms with Gasteiger partial charge in [0.2, 0.25) is 0 Å². The smallest absolute Gasteiger partial charge is 0.100 e. The van der Waals surface area contributed by atoms with Crippen LogP contribution in [0.3, 0.4) is 0 Å². The van der Waals surface area contributed by atoms with Crippen molar-refractivity contribution in [3.05, 3.63) is 56.9 Å². The molecule has 0 spiro atoms. The van der Waals surface area contributed by atoms with Gasteiger partial charge in [-0.3, -0.25) is 0 Å². The summed E-state index contributed by atoms with van der Waals surface area (Å²) in [6, 6.07) is 0. The Kier molecular flexibility index (Phi) is 80.5. The van der Waals surface area contributed by atoms with E-state index in [1.54, 1.807) is 0 Å². The maximum Gasteiger partial charge on any atom is 0.100 e. The zero-order chi connectivity index (χ0) is 36.4. The first kappa shape index (κ1) is 67.5. The largest absolute Gasteiger partial charge is 0.553 e. The summed E-state index contributed by atoms with van der Waals surface area (Å²) in [6.07, 6.45) is -4.10. The van der Waals surface area contributed by atoms with Crippen LogP contribution in [0.1, 0.15) is 0 Å². The molecule has 0 bridgehead atoms. The van der Waals surface area contributed by atoms with E-state index in [1.807, 2.05) is 0 Å². The summed E-state index contributed by atoms with van der Waals surface area (Å²) < 4.78 is 44.5. The molecule has 0 fully saturated rings. The number of rotatable bonds is 25. The van der Waals surface area contributed by atoms with Gasteiger partial charge in [0.05, 0.1) is 70.2 Å². The average Bonchev–Trinajstić information content (AvgIpc) is 3.00. The van der Waals surface area contributed by atoms with Crippen LogP contribution < -0.4 is 0 Å². The molecule has 3 atom stereocenters. The summed E-state index contributed by atoms with van der Waals surface area (Å²) in [4.78, 5) is 0. The minimum Gasteiger partial charge on any atom is -0.553 e. The molecule has 0 aliphatic rings. The summed E-state index contributed by atoms with van der Waals surface area (Å²) >= 11 is 0. The molecular weight excluding hydrogens is 1690 g/mol. The third-order valence-electron chi connectivity index (χ3n) is 3.86. The van der Waals surface area contributed by atoms with Crippen LogP contribution in [0, 0.1) is 56.9 Å². The molecule has 0 saturated heterocycles. The fraction of sp³-hybridized carbons (Fsp3) is 0.714. The molecular formula is C28H58O18Rf4-8. The number of hydrogen-bond acceptors (Lipinski definition) is 18. The van der Waals surface area contributed by atoms with Crippen molar-refractivity contribution in [1.82, 2.24) is 0 Å². The Hall–Kier alpha value is -4.72. The van der Waals surface area contributed by atoms with Gasteiger partial charge in [0.15, 0.2) is 0 Å². The van der Waals surface area contributed by atoms with E-state index in [1.165, 1.54) is 0 Å². The molecule has 0 amide bonds. The van der Waals surface area contributed by atoms with E-state index in [2.05, 4.69) is 94.8 Å². The molecule has 0 rings (SSSR count). The molecule has 0 aliphatic carbocycles. The fourth-order valence-electron chi connectivity index (χ4n) is 2.01. The van der Waals surface area contributed by atoms with E-state index in [0.29, 0.717) is 0 Å². The standard InChI is InChI=1S/C7H15O5.C6H13O4.3C5H10O3.4Rf/c1-11-3-7(10)5-12-4-6(9)2-8;1-9-4-6(8)5-10-3-2-7;3*1-7-3-5(6)4-8-2;;;;/h6-10H,1-5H2;6-8H,1-5H2;3*5-6H,1-4H2;;;;/q2*-1;3*-2;;;;. The van der Waals surface area contributed by atoms with Gasteiger partial charge in [0, 0.05) is 52.9 Å². The number of aliphatic hydroxyl groups is 8. The van der Waals surface area contributed by atoms with E-state index < -0.39 is 36.6 Å². The summed E-state index contributed by atoms with van der Waals surface area (Å²) in [7, 11) is 24.6. The number of hydrogen-bond donors (Lipinski definition) is 8. The molecule has 0 heterocycles. The quantitative estimate of drug-likeness (QED) is 0.0350. The first-order valence-electron chi connectivity index (χ1n) is 13.4. The minimum absolute atomic E-state index is 0. The topological polar surface area (TPSA) is 254 Å². The van der Waals surface area contributed by atoms with E-state index in [4.69, 9.17) is 50.3 Å². The molecule has 0 aliphatic heterocycles. The molecule has 8 N–H and O–H groups in total. The minimum atomic E-state index is -0.891. The summed E-state index contributed by atoms with van der Waals surface area (Å²) in [5, 5.41) is 69.5. The second-order valence-corrected chi connectivity index (χ2v) is 8.41. The first-order chi connectivity index (χ1) is 21.9. The fourth-order valence-corrected chi connectivity index (χ4v) is 2.01. The first-order valence-corrected chi connectivity index (χ1v) is 13.4. The van der Waals surface area contributed by atoms with Crippen molar-refractivity contribution in [3.63, 3.8) is 0 Å². The maximum absolute atomic E-state index is 9.00. The maximum atomic E-state index is 9.00. The van der Waals surface area contributed by atoms with E-state index in [0.717, 1.165) is 0 Å². The Morgan fingerprint density at radius 1 is 0.320 bits per heavy atom. The molecule has 22 heteroatoms. The summed E-state index contributed by atoms with van der Waals surface area (Å²) in [6.45, 7) is 1.50. The zero-order valence-electron chi connectivity index (χ0n) is 29.5. The van der Waals surface area contributed by atoms with Crippen LogP contribution >= 0.6 is 0 Å². The van der Waals surface area contributed by atoms with Gasteiger partial charge < -0.3 is 88.2 Å². The van der Waals surface area contributed by atoms with Crippen LogP contribution in [0.2, 0.25) is 0 Å². The van der Waals surface area contributed by atoms with Gasteiger partial charge in [0.25, 0.3) is 0 Å². The second kappa shape index (κ2) is 59.7. The van der Waals surface area contributed by atoms with Crippen LogP contribution in [0.4, 0.5) is 0 Å². The van der Waals surface area contributed by atoms with Crippen molar-refractivity contribution >= 4 is 0 Å². The second-order valence-electron chi connectivity index (χ2n) is 8.41. The Morgan fingerprint density at radius 2 is 0.520 bits per heavy atom. The normalized spacial score (nSPS) is 11.6. The van der Waals surface area contributed by atoms with Gasteiger partial charge >= 0.3 is 0 Å². The predicted molar refractivity (Wildman–Crippen MR) is 162 cm³/mol. The molecule has 50 heavy (non-hydrogen) atoms. The van der Waals surface area contributed by atoms with Crippen molar-refractivity contribution in [2.24, 2.45) is 0 Å². The molecule has 18 nitrogen and oxygen atoms in total.